The molecule has 0 fully saturated rings. The lowest BCUT2D eigenvalue weighted by Gasteiger charge is -2.29. The van der Waals surface area contributed by atoms with Gasteiger partial charge in [0.05, 0.1) is 18.0 Å². The fraction of sp³-hybridized carbons (Fsp3) is 0.462. The third-order valence-electron chi connectivity index (χ3n) is 5.24. The van der Waals surface area contributed by atoms with E-state index in [0.29, 0.717) is 23.9 Å². The van der Waals surface area contributed by atoms with Gasteiger partial charge in [0.1, 0.15) is 18.0 Å². The van der Waals surface area contributed by atoms with Crippen molar-refractivity contribution in [2.75, 3.05) is 45.8 Å². The van der Waals surface area contributed by atoms with Gasteiger partial charge in [-0.1, -0.05) is 23.7 Å². The van der Waals surface area contributed by atoms with Crippen LogP contribution in [0.1, 0.15) is 31.6 Å². The topological polar surface area (TPSA) is 68.3 Å². The van der Waals surface area contributed by atoms with Crippen molar-refractivity contribution < 1.29 is 23.8 Å². The van der Waals surface area contributed by atoms with Crippen molar-refractivity contribution in [3.05, 3.63) is 53.1 Å². The fourth-order valence-corrected chi connectivity index (χ4v) is 5.29. The minimum absolute atomic E-state index is 0.225. The molecule has 2 aromatic carbocycles. The van der Waals surface area contributed by atoms with Gasteiger partial charge in [-0.15, -0.1) is 11.8 Å². The lowest BCUT2D eigenvalue weighted by atomic mass is 10.1. The molecule has 0 aromatic heterocycles. The number of likely N-dealkylation sites (N-methyl/N-ethyl adjacent to an activating group) is 1. The van der Waals surface area contributed by atoms with E-state index in [9.17, 15) is 9.59 Å². The van der Waals surface area contributed by atoms with Crippen LogP contribution in [0.5, 0.6) is 5.75 Å². The van der Waals surface area contributed by atoms with Crippen molar-refractivity contribution in [2.45, 2.75) is 42.6 Å². The van der Waals surface area contributed by atoms with E-state index in [4.69, 9.17) is 25.8 Å². The van der Waals surface area contributed by atoms with Gasteiger partial charge in [-0.05, 0) is 70.8 Å². The van der Waals surface area contributed by atoms with Gasteiger partial charge >= 0.3 is 5.97 Å². The Labute approximate surface area is 216 Å². The highest BCUT2D eigenvalue weighted by Gasteiger charge is 2.40. The maximum atomic E-state index is 14.0. The van der Waals surface area contributed by atoms with Crippen LogP contribution in [0.25, 0.3) is 0 Å². The Morgan fingerprint density at radius 2 is 1.91 bits per heavy atom. The van der Waals surface area contributed by atoms with Crippen LogP contribution in [0, 0.1) is 0 Å². The van der Waals surface area contributed by atoms with Crippen molar-refractivity contribution in [3.63, 3.8) is 0 Å². The summed E-state index contributed by atoms with van der Waals surface area (Å²) in [6.07, 6.45) is -0.937. The average Bonchev–Trinajstić information content (AvgIpc) is 2.89. The van der Waals surface area contributed by atoms with Gasteiger partial charge in [-0.25, -0.2) is 4.79 Å². The molecule has 190 valence electrons. The van der Waals surface area contributed by atoms with E-state index in [1.807, 2.05) is 55.4 Å². The molecular weight excluding hydrogens is 488 g/mol. The van der Waals surface area contributed by atoms with E-state index in [2.05, 4.69) is 0 Å². The number of nitrogens with zero attached hydrogens (tertiary/aromatic N) is 2. The molecule has 35 heavy (non-hydrogen) atoms. The molecule has 1 heterocycles. The number of anilines is 1. The van der Waals surface area contributed by atoms with Crippen molar-refractivity contribution in [3.8, 4) is 5.75 Å². The Morgan fingerprint density at radius 1 is 1.17 bits per heavy atom. The zero-order chi connectivity index (χ0) is 25.8. The van der Waals surface area contributed by atoms with Crippen LogP contribution in [-0.2, 0) is 19.1 Å². The van der Waals surface area contributed by atoms with Gasteiger partial charge < -0.3 is 24.0 Å². The normalized spacial score (nSPS) is 18.3. The standard InChI is InChI=1S/C26H33ClN2O5S/c1-26(2,3)34-22(30)16-33-23-24(17-8-7-9-19(14-17)32-6)35-21-15-18(27)10-11-20(21)29(25(23)31)13-12-28(4)5/h7-11,14-15,23-24H,12-13,16H2,1-6H3/t23-,24+/m1/s1. The van der Waals surface area contributed by atoms with Gasteiger partial charge in [0.25, 0.3) is 5.91 Å². The molecule has 2 atom stereocenters. The van der Waals surface area contributed by atoms with E-state index in [0.717, 1.165) is 16.1 Å². The summed E-state index contributed by atoms with van der Waals surface area (Å²) in [6.45, 7) is 6.15. The second-order valence-corrected chi connectivity index (χ2v) is 11.2. The Morgan fingerprint density at radius 3 is 2.57 bits per heavy atom. The van der Waals surface area contributed by atoms with E-state index in [-0.39, 0.29) is 12.5 Å². The van der Waals surface area contributed by atoms with Gasteiger partial charge in [-0.2, -0.15) is 0 Å². The molecule has 0 saturated carbocycles. The van der Waals surface area contributed by atoms with E-state index < -0.39 is 22.9 Å². The molecule has 0 bridgehead atoms. The van der Waals surface area contributed by atoms with Gasteiger partial charge in [0.2, 0.25) is 0 Å². The minimum atomic E-state index is -0.937. The van der Waals surface area contributed by atoms with Crippen LogP contribution in [0.2, 0.25) is 5.02 Å². The van der Waals surface area contributed by atoms with Crippen LogP contribution in [0.4, 0.5) is 5.69 Å². The highest BCUT2D eigenvalue weighted by atomic mass is 35.5. The highest BCUT2D eigenvalue weighted by Crippen LogP contribution is 2.48. The summed E-state index contributed by atoms with van der Waals surface area (Å²) in [5.41, 5.74) is 0.958. The number of carbonyl (C=O) groups is 2. The molecule has 7 nitrogen and oxygen atoms in total. The summed E-state index contributed by atoms with van der Waals surface area (Å²) >= 11 is 7.83. The summed E-state index contributed by atoms with van der Waals surface area (Å²) in [7, 11) is 5.50. The maximum absolute atomic E-state index is 14.0. The van der Waals surface area contributed by atoms with E-state index in [1.54, 1.807) is 38.8 Å². The van der Waals surface area contributed by atoms with E-state index >= 15 is 0 Å². The van der Waals surface area contributed by atoms with Crippen molar-refractivity contribution in [1.82, 2.24) is 4.90 Å². The first-order valence-electron chi connectivity index (χ1n) is 11.4. The highest BCUT2D eigenvalue weighted by molar-refractivity contribution is 7.99. The minimum Gasteiger partial charge on any atom is -0.497 e. The third kappa shape index (κ3) is 7.36. The Hall–Kier alpha value is -2.26. The molecule has 0 saturated heterocycles. The van der Waals surface area contributed by atoms with Crippen molar-refractivity contribution in [1.29, 1.82) is 0 Å². The summed E-state index contributed by atoms with van der Waals surface area (Å²) in [5.74, 6) is -0.0809. The molecule has 0 radical (unpaired) electrons. The number of methoxy groups -OCH3 is 1. The van der Waals surface area contributed by atoms with Crippen LogP contribution < -0.4 is 9.64 Å². The lowest BCUT2D eigenvalue weighted by molar-refractivity contribution is -0.163. The predicted octanol–water partition coefficient (Wildman–Crippen LogP) is 4.82. The maximum Gasteiger partial charge on any atom is 0.332 e. The monoisotopic (exact) mass is 520 g/mol. The average molecular weight is 521 g/mol. The Bertz CT molecular complexity index is 1060. The third-order valence-corrected chi connectivity index (χ3v) is 6.83. The van der Waals surface area contributed by atoms with Gasteiger partial charge in [0.15, 0.2) is 6.10 Å². The second kappa shape index (κ2) is 11.6. The lowest BCUT2D eigenvalue weighted by Crippen LogP contribution is -2.45. The summed E-state index contributed by atoms with van der Waals surface area (Å²) in [5, 5.41) is 0.135. The number of halogens is 1. The molecule has 0 N–H and O–H groups in total. The largest absolute Gasteiger partial charge is 0.497 e. The summed E-state index contributed by atoms with van der Waals surface area (Å²) in [6, 6.07) is 13.0. The smallest absolute Gasteiger partial charge is 0.332 e. The van der Waals surface area contributed by atoms with Crippen molar-refractivity contribution >= 4 is 40.9 Å². The van der Waals surface area contributed by atoms with E-state index in [1.165, 1.54) is 11.8 Å². The first kappa shape index (κ1) is 27.3. The number of fused-ring (bicyclic) bond motifs is 1. The van der Waals surface area contributed by atoms with Gasteiger partial charge in [-0.3, -0.25) is 4.79 Å². The second-order valence-electron chi connectivity index (χ2n) is 9.54. The number of benzene rings is 2. The molecule has 1 aliphatic heterocycles. The molecule has 9 heteroatoms. The van der Waals surface area contributed by atoms with Crippen molar-refractivity contribution in [2.24, 2.45) is 0 Å². The van der Waals surface area contributed by atoms with Crippen LogP contribution in [-0.4, -0.2) is 69.4 Å². The molecule has 3 rings (SSSR count). The first-order valence-corrected chi connectivity index (χ1v) is 12.6. The number of hydrogen-bond donors (Lipinski definition) is 0. The summed E-state index contributed by atoms with van der Waals surface area (Å²) in [4.78, 5) is 31.1. The number of carbonyl (C=O) groups excluding carboxylic acids is 2. The Kier molecular flexibility index (Phi) is 9.10. The zero-order valence-corrected chi connectivity index (χ0v) is 22.6. The molecule has 0 spiro atoms. The predicted molar refractivity (Wildman–Crippen MR) is 140 cm³/mol. The number of hydrogen-bond acceptors (Lipinski definition) is 7. The quantitative estimate of drug-likeness (QED) is 0.462. The molecule has 0 aliphatic carbocycles. The number of amides is 1. The molecule has 1 amide bonds. The fourth-order valence-electron chi connectivity index (χ4n) is 3.69. The Balaban J connectivity index is 2.04. The first-order chi connectivity index (χ1) is 16.5. The molecule has 0 unspecified atom stereocenters. The zero-order valence-electron chi connectivity index (χ0n) is 21.0. The summed E-state index contributed by atoms with van der Waals surface area (Å²) < 4.78 is 16.9. The SMILES string of the molecule is COc1cccc([C@@H]2Sc3cc(Cl)ccc3N(CCN(C)C)C(=O)[C@@H]2OCC(=O)OC(C)(C)C)c1. The molecule has 1 aliphatic rings. The number of ether oxygens (including phenoxy) is 3. The number of thioether (sulfide) groups is 1. The van der Waals surface area contributed by atoms with Gasteiger partial charge in [0, 0.05) is 23.0 Å². The van der Waals surface area contributed by atoms with Crippen LogP contribution >= 0.6 is 23.4 Å². The number of rotatable bonds is 8. The number of esters is 1. The van der Waals surface area contributed by atoms with Crippen LogP contribution in [0.3, 0.4) is 0 Å². The molecule has 2 aromatic rings. The van der Waals surface area contributed by atoms with Crippen LogP contribution in [0.15, 0.2) is 47.4 Å². The molecular formula is C26H33ClN2O5S.